The molecule has 0 saturated carbocycles. The van der Waals surface area contributed by atoms with Gasteiger partial charge in [-0.05, 0) is 51.4 Å². The zero-order valence-corrected chi connectivity index (χ0v) is 48.0. The molecule has 0 amide bonds. The monoisotopic (exact) mass is 999 g/mol. The predicted octanol–water partition coefficient (Wildman–Crippen LogP) is 21.4. The van der Waals surface area contributed by atoms with Crippen molar-refractivity contribution >= 4 is 17.9 Å². The second kappa shape index (κ2) is 60.4. The minimum absolute atomic E-state index is 0.0647. The molecule has 1 unspecified atom stereocenters. The van der Waals surface area contributed by atoms with Crippen molar-refractivity contribution in [3.05, 3.63) is 24.3 Å². The molecule has 0 aliphatic heterocycles. The molecule has 71 heavy (non-hydrogen) atoms. The van der Waals surface area contributed by atoms with Gasteiger partial charge in [-0.15, -0.1) is 0 Å². The third-order valence-electron chi connectivity index (χ3n) is 14.5. The Labute approximate surface area is 443 Å². The van der Waals surface area contributed by atoms with E-state index < -0.39 is 6.10 Å². The molecule has 1 atom stereocenters. The van der Waals surface area contributed by atoms with Crippen LogP contribution in [-0.2, 0) is 28.6 Å². The van der Waals surface area contributed by atoms with E-state index >= 15 is 0 Å². The van der Waals surface area contributed by atoms with E-state index in [-0.39, 0.29) is 31.1 Å². The van der Waals surface area contributed by atoms with Crippen molar-refractivity contribution in [3.8, 4) is 0 Å². The molecule has 0 aromatic carbocycles. The van der Waals surface area contributed by atoms with Gasteiger partial charge in [0, 0.05) is 19.3 Å². The van der Waals surface area contributed by atoms with Gasteiger partial charge in [0.25, 0.3) is 0 Å². The van der Waals surface area contributed by atoms with Gasteiger partial charge in [-0.2, -0.15) is 0 Å². The molecule has 0 aliphatic carbocycles. The van der Waals surface area contributed by atoms with Crippen molar-refractivity contribution in [3.63, 3.8) is 0 Å². The first-order valence-electron chi connectivity index (χ1n) is 31.8. The molecule has 6 nitrogen and oxygen atoms in total. The van der Waals surface area contributed by atoms with Gasteiger partial charge in [0.15, 0.2) is 6.10 Å². The summed E-state index contributed by atoms with van der Waals surface area (Å²) in [5.41, 5.74) is 0. The van der Waals surface area contributed by atoms with E-state index in [1.807, 2.05) is 0 Å². The van der Waals surface area contributed by atoms with E-state index in [0.29, 0.717) is 19.3 Å². The van der Waals surface area contributed by atoms with E-state index in [0.717, 1.165) is 64.2 Å². The lowest BCUT2D eigenvalue weighted by Gasteiger charge is -2.18. The van der Waals surface area contributed by atoms with Crippen LogP contribution in [0.15, 0.2) is 24.3 Å². The number of carbonyl (C=O) groups excluding carboxylic acids is 3. The van der Waals surface area contributed by atoms with Crippen molar-refractivity contribution < 1.29 is 28.6 Å². The molecule has 0 aliphatic rings. The molecule has 0 radical (unpaired) electrons. The molecular formula is C65H122O6. The Morgan fingerprint density at radius 3 is 0.775 bits per heavy atom. The van der Waals surface area contributed by atoms with Gasteiger partial charge in [0.2, 0.25) is 0 Å². The number of allylic oxidation sites excluding steroid dienone is 4. The standard InChI is InChI=1S/C65H122O6/c1-4-7-10-13-16-19-22-25-27-28-29-30-31-32-33-34-35-36-38-40-43-46-49-52-55-58-64(67)70-61-62(60-69-63(66)57-54-51-48-45-42-39-24-21-18-15-12-9-6-3)71-65(68)59-56-53-50-47-44-41-37-26-23-20-17-14-11-8-5-2/h22,25,28-29,62H,4-21,23-24,26-27,30-61H2,1-3H3/b25-22-,29-28-. The predicted molar refractivity (Wildman–Crippen MR) is 307 cm³/mol. The lowest BCUT2D eigenvalue weighted by Crippen LogP contribution is -2.30. The summed E-state index contributed by atoms with van der Waals surface area (Å²) in [6.07, 6.45) is 71.8. The first-order chi connectivity index (χ1) is 35.0. The maximum atomic E-state index is 12.9. The largest absolute Gasteiger partial charge is 0.462 e. The van der Waals surface area contributed by atoms with Gasteiger partial charge in [0.1, 0.15) is 13.2 Å². The van der Waals surface area contributed by atoms with Crippen LogP contribution in [-0.4, -0.2) is 37.2 Å². The van der Waals surface area contributed by atoms with Crippen molar-refractivity contribution in [2.24, 2.45) is 0 Å². The molecule has 0 rings (SSSR count). The first-order valence-corrected chi connectivity index (χ1v) is 31.8. The van der Waals surface area contributed by atoms with Crippen LogP contribution >= 0.6 is 0 Å². The summed E-state index contributed by atoms with van der Waals surface area (Å²) in [6, 6.07) is 0. The Morgan fingerprint density at radius 2 is 0.507 bits per heavy atom. The number of unbranched alkanes of at least 4 members (excludes halogenated alkanes) is 44. The first kappa shape index (κ1) is 68.9. The Kier molecular flexibility index (Phi) is 58.6. The second-order valence-electron chi connectivity index (χ2n) is 21.7. The summed E-state index contributed by atoms with van der Waals surface area (Å²) in [5.74, 6) is -0.839. The van der Waals surface area contributed by atoms with Crippen LogP contribution in [0.5, 0.6) is 0 Å². The average Bonchev–Trinajstić information content (AvgIpc) is 3.37. The van der Waals surface area contributed by atoms with Gasteiger partial charge in [-0.3, -0.25) is 14.4 Å². The highest BCUT2D eigenvalue weighted by Crippen LogP contribution is 2.18. The van der Waals surface area contributed by atoms with Gasteiger partial charge in [-0.1, -0.05) is 308 Å². The van der Waals surface area contributed by atoms with Gasteiger partial charge >= 0.3 is 17.9 Å². The minimum atomic E-state index is -0.766. The Balaban J connectivity index is 4.22. The number of hydrogen-bond donors (Lipinski definition) is 0. The highest BCUT2D eigenvalue weighted by atomic mass is 16.6. The second-order valence-corrected chi connectivity index (χ2v) is 21.7. The average molecular weight is 1000 g/mol. The highest BCUT2D eigenvalue weighted by Gasteiger charge is 2.19. The van der Waals surface area contributed by atoms with Crippen LogP contribution in [0.4, 0.5) is 0 Å². The summed E-state index contributed by atoms with van der Waals surface area (Å²) >= 11 is 0. The van der Waals surface area contributed by atoms with Crippen LogP contribution in [0.2, 0.25) is 0 Å². The lowest BCUT2D eigenvalue weighted by molar-refractivity contribution is -0.167. The fourth-order valence-electron chi connectivity index (χ4n) is 9.65. The molecule has 0 spiro atoms. The normalized spacial score (nSPS) is 12.1. The van der Waals surface area contributed by atoms with E-state index in [1.165, 1.54) is 250 Å². The Morgan fingerprint density at radius 1 is 0.282 bits per heavy atom. The van der Waals surface area contributed by atoms with E-state index in [2.05, 4.69) is 45.1 Å². The van der Waals surface area contributed by atoms with Crippen LogP contribution in [0.3, 0.4) is 0 Å². The highest BCUT2D eigenvalue weighted by molar-refractivity contribution is 5.71. The van der Waals surface area contributed by atoms with Crippen molar-refractivity contribution in [2.45, 2.75) is 361 Å². The smallest absolute Gasteiger partial charge is 0.306 e. The quantitative estimate of drug-likeness (QED) is 0.0261. The topological polar surface area (TPSA) is 78.9 Å². The number of esters is 3. The Bertz CT molecular complexity index is 1150. The molecule has 6 heteroatoms. The summed E-state index contributed by atoms with van der Waals surface area (Å²) in [5, 5.41) is 0. The van der Waals surface area contributed by atoms with Crippen LogP contribution < -0.4 is 0 Å². The van der Waals surface area contributed by atoms with E-state index in [4.69, 9.17) is 14.2 Å². The van der Waals surface area contributed by atoms with E-state index in [9.17, 15) is 14.4 Å². The third kappa shape index (κ3) is 58.7. The van der Waals surface area contributed by atoms with Gasteiger partial charge in [0.05, 0.1) is 0 Å². The summed E-state index contributed by atoms with van der Waals surface area (Å²) in [4.78, 5) is 38.2. The molecule has 0 fully saturated rings. The molecule has 0 aromatic rings. The molecule has 0 aromatic heterocycles. The van der Waals surface area contributed by atoms with Crippen molar-refractivity contribution in [2.75, 3.05) is 13.2 Å². The number of hydrogen-bond acceptors (Lipinski definition) is 6. The van der Waals surface area contributed by atoms with Crippen molar-refractivity contribution in [1.82, 2.24) is 0 Å². The summed E-state index contributed by atoms with van der Waals surface area (Å²) in [7, 11) is 0. The van der Waals surface area contributed by atoms with Crippen LogP contribution in [0, 0.1) is 0 Å². The maximum absolute atomic E-state index is 12.9. The van der Waals surface area contributed by atoms with Crippen LogP contribution in [0.1, 0.15) is 355 Å². The Hall–Kier alpha value is -2.11. The molecule has 418 valence electrons. The third-order valence-corrected chi connectivity index (χ3v) is 14.5. The molecule has 0 heterocycles. The van der Waals surface area contributed by atoms with Crippen molar-refractivity contribution in [1.29, 1.82) is 0 Å². The summed E-state index contributed by atoms with van der Waals surface area (Å²) < 4.78 is 16.9. The zero-order valence-electron chi connectivity index (χ0n) is 48.0. The van der Waals surface area contributed by atoms with E-state index in [1.54, 1.807) is 0 Å². The molecule has 0 bridgehead atoms. The fourth-order valence-corrected chi connectivity index (χ4v) is 9.65. The molecule has 0 N–H and O–H groups in total. The lowest BCUT2D eigenvalue weighted by atomic mass is 10.0. The summed E-state index contributed by atoms with van der Waals surface area (Å²) in [6.45, 7) is 6.69. The maximum Gasteiger partial charge on any atom is 0.306 e. The number of carbonyl (C=O) groups is 3. The molecular weight excluding hydrogens is 877 g/mol. The molecule has 0 saturated heterocycles. The minimum Gasteiger partial charge on any atom is -0.462 e. The van der Waals surface area contributed by atoms with Gasteiger partial charge in [-0.25, -0.2) is 0 Å². The SMILES string of the molecule is CCCCCCC/C=C\C/C=C\CCCCCCCCCCCCCCCC(=O)OCC(COC(=O)CCCCCCCCCCCCCCC)OC(=O)CCCCCCCCCCCCCCCCC. The van der Waals surface area contributed by atoms with Gasteiger partial charge < -0.3 is 14.2 Å². The fraction of sp³-hybridized carbons (Fsp3) is 0.892. The number of ether oxygens (including phenoxy) is 3. The number of rotatable bonds is 59. The van der Waals surface area contributed by atoms with Crippen LogP contribution in [0.25, 0.3) is 0 Å². The zero-order chi connectivity index (χ0) is 51.4.